The summed E-state index contributed by atoms with van der Waals surface area (Å²) in [5.41, 5.74) is 1.08. The molecular formula is C11H15BrN3NaO. The number of halogens is 1. The summed E-state index contributed by atoms with van der Waals surface area (Å²) in [6.45, 7) is 4.90. The third-order valence-corrected chi connectivity index (χ3v) is 2.11. The van der Waals surface area contributed by atoms with Gasteiger partial charge in [-0.05, 0) is 22.0 Å². The van der Waals surface area contributed by atoms with Gasteiger partial charge < -0.3 is 5.11 Å². The third-order valence-electron chi connectivity index (χ3n) is 1.47. The van der Waals surface area contributed by atoms with Crippen molar-refractivity contribution in [1.82, 2.24) is 14.8 Å². The summed E-state index contributed by atoms with van der Waals surface area (Å²) >= 11 is 3.39. The van der Waals surface area contributed by atoms with E-state index in [9.17, 15) is 5.11 Å². The largest absolute Gasteiger partial charge is 1.00 e. The van der Waals surface area contributed by atoms with E-state index >= 15 is 0 Å². The van der Waals surface area contributed by atoms with Crippen molar-refractivity contribution in [3.05, 3.63) is 22.9 Å². The van der Waals surface area contributed by atoms with Gasteiger partial charge in [-0.25, -0.2) is 0 Å². The molecule has 4 nitrogen and oxygen atoms in total. The van der Waals surface area contributed by atoms with E-state index in [1.807, 2.05) is 19.3 Å². The Bertz CT molecular complexity index is 473. The molecule has 0 bridgehead atoms. The molecule has 0 aromatic carbocycles. The maximum Gasteiger partial charge on any atom is 1.00 e. The molecule has 0 aliphatic rings. The van der Waals surface area contributed by atoms with Crippen LogP contribution in [0.5, 0.6) is 0 Å². The van der Waals surface area contributed by atoms with Gasteiger partial charge in [0.05, 0.1) is 6.20 Å². The van der Waals surface area contributed by atoms with Gasteiger partial charge in [-0.15, -0.1) is 5.60 Å². The van der Waals surface area contributed by atoms with Gasteiger partial charge in [-0.3, -0.25) is 9.67 Å². The van der Waals surface area contributed by atoms with E-state index in [-0.39, 0.29) is 29.6 Å². The Morgan fingerprint density at radius 2 is 1.88 bits per heavy atom. The van der Waals surface area contributed by atoms with Crippen molar-refractivity contribution < 1.29 is 34.7 Å². The van der Waals surface area contributed by atoms with Gasteiger partial charge in [0, 0.05) is 17.7 Å². The molecule has 0 unspecified atom stereocenters. The molecule has 6 heteroatoms. The molecule has 0 spiro atoms. The third kappa shape index (κ3) is 6.52. The molecule has 0 atom stereocenters. The first-order chi connectivity index (χ1) is 7.27. The Morgan fingerprint density at radius 1 is 1.35 bits per heavy atom. The van der Waals surface area contributed by atoms with Gasteiger partial charge in [0.15, 0.2) is 0 Å². The second-order valence-electron chi connectivity index (χ2n) is 4.44. The van der Waals surface area contributed by atoms with Gasteiger partial charge >= 0.3 is 29.6 Å². The van der Waals surface area contributed by atoms with Gasteiger partial charge in [0.25, 0.3) is 0 Å². The maximum absolute atomic E-state index is 10.1. The zero-order valence-electron chi connectivity index (χ0n) is 10.9. The number of hydrogen-bond acceptors (Lipinski definition) is 3. The molecule has 0 aliphatic heterocycles. The molecule has 0 fully saturated rings. The predicted octanol–water partition coefficient (Wildman–Crippen LogP) is -1.12. The van der Waals surface area contributed by atoms with Crippen LogP contribution in [0.15, 0.2) is 22.9 Å². The van der Waals surface area contributed by atoms with Crippen LogP contribution < -0.4 is 34.7 Å². The summed E-state index contributed by atoms with van der Waals surface area (Å²) < 4.78 is 2.74. The smallest absolute Gasteiger partial charge is 0.850 e. The van der Waals surface area contributed by atoms with E-state index in [1.54, 1.807) is 31.6 Å². The molecule has 0 N–H and O–H groups in total. The van der Waals surface area contributed by atoms with Crippen LogP contribution in [0.2, 0.25) is 0 Å². The number of aromatic nitrogens is 3. The number of nitrogens with zero attached hydrogens (tertiary/aromatic N) is 3. The SMILES string of the molecule is CC(C)(C)[O-].Cn1cc2nccc(Br)c2n1.[Na+]. The summed E-state index contributed by atoms with van der Waals surface area (Å²) in [6, 6.07) is 1.88. The van der Waals surface area contributed by atoms with E-state index in [2.05, 4.69) is 26.0 Å². The molecule has 2 aromatic rings. The van der Waals surface area contributed by atoms with Crippen molar-refractivity contribution in [3.63, 3.8) is 0 Å². The van der Waals surface area contributed by atoms with Gasteiger partial charge in [0.2, 0.25) is 0 Å². The van der Waals surface area contributed by atoms with Crippen LogP contribution in [0.4, 0.5) is 0 Å². The normalized spacial score (nSPS) is 10.5. The van der Waals surface area contributed by atoms with Crippen LogP contribution in [0.3, 0.4) is 0 Å². The van der Waals surface area contributed by atoms with E-state index in [0.29, 0.717) is 0 Å². The molecule has 0 aliphatic carbocycles. The average molecular weight is 308 g/mol. The first-order valence-electron chi connectivity index (χ1n) is 4.91. The molecule has 0 saturated heterocycles. The molecule has 0 saturated carbocycles. The summed E-state index contributed by atoms with van der Waals surface area (Å²) in [5, 5.41) is 14.3. The molecule has 17 heavy (non-hydrogen) atoms. The number of fused-ring (bicyclic) bond motifs is 1. The van der Waals surface area contributed by atoms with Crippen LogP contribution in [0.1, 0.15) is 20.8 Å². The van der Waals surface area contributed by atoms with Gasteiger partial charge in [-0.2, -0.15) is 5.10 Å². The van der Waals surface area contributed by atoms with Crippen LogP contribution in [-0.4, -0.2) is 20.4 Å². The summed E-state index contributed by atoms with van der Waals surface area (Å²) in [4.78, 5) is 4.15. The topological polar surface area (TPSA) is 53.8 Å². The minimum atomic E-state index is -0.750. The molecule has 2 heterocycles. The van der Waals surface area contributed by atoms with Crippen LogP contribution in [0.25, 0.3) is 11.0 Å². The fraction of sp³-hybridized carbons (Fsp3) is 0.455. The zero-order chi connectivity index (χ0) is 12.3. The first kappa shape index (κ1) is 17.1. The minimum absolute atomic E-state index is 0. The minimum Gasteiger partial charge on any atom is -0.850 e. The van der Waals surface area contributed by atoms with Crippen molar-refractivity contribution in [1.29, 1.82) is 0 Å². The standard InChI is InChI=1S/C7H6BrN3.C4H9O.Na/c1-11-4-6-7(10-11)5(8)2-3-9-6;1-4(2,3)5;/h2-4H,1H3;1-3H3;/q;-1;+1. The Labute approximate surface area is 132 Å². The van der Waals surface area contributed by atoms with E-state index < -0.39 is 5.60 Å². The quantitative estimate of drug-likeness (QED) is 0.579. The van der Waals surface area contributed by atoms with Crippen LogP contribution in [0, 0.1) is 0 Å². The number of rotatable bonds is 0. The molecular weight excluding hydrogens is 293 g/mol. The van der Waals surface area contributed by atoms with Crippen molar-refractivity contribution >= 4 is 27.0 Å². The monoisotopic (exact) mass is 307 g/mol. The van der Waals surface area contributed by atoms with E-state index in [1.165, 1.54) is 0 Å². The first-order valence-corrected chi connectivity index (χ1v) is 5.71. The van der Waals surface area contributed by atoms with E-state index in [4.69, 9.17) is 0 Å². The second-order valence-corrected chi connectivity index (χ2v) is 5.30. The van der Waals surface area contributed by atoms with Gasteiger partial charge in [-0.1, -0.05) is 20.8 Å². The fourth-order valence-electron chi connectivity index (χ4n) is 1.00. The Morgan fingerprint density at radius 3 is 2.35 bits per heavy atom. The summed E-state index contributed by atoms with van der Waals surface area (Å²) in [7, 11) is 1.88. The van der Waals surface area contributed by atoms with E-state index in [0.717, 1.165) is 15.5 Å². The van der Waals surface area contributed by atoms with Crippen molar-refractivity contribution in [2.45, 2.75) is 26.4 Å². The molecule has 0 amide bonds. The zero-order valence-corrected chi connectivity index (χ0v) is 14.4. The van der Waals surface area contributed by atoms with Crippen LogP contribution >= 0.6 is 15.9 Å². The number of aryl methyl sites for hydroxylation is 1. The molecule has 88 valence electrons. The van der Waals surface area contributed by atoms with Gasteiger partial charge in [0.1, 0.15) is 11.0 Å². The van der Waals surface area contributed by atoms with Crippen LogP contribution in [-0.2, 0) is 7.05 Å². The maximum atomic E-state index is 10.1. The fourth-order valence-corrected chi connectivity index (χ4v) is 1.40. The van der Waals surface area contributed by atoms with Crippen molar-refractivity contribution in [3.8, 4) is 0 Å². The predicted molar refractivity (Wildman–Crippen MR) is 66.0 cm³/mol. The van der Waals surface area contributed by atoms with Crippen molar-refractivity contribution in [2.75, 3.05) is 0 Å². The Hall–Kier alpha value is 0.0600. The Kier molecular flexibility index (Phi) is 6.87. The average Bonchev–Trinajstić information content (AvgIpc) is 2.44. The second kappa shape index (κ2) is 6.85. The molecule has 0 radical (unpaired) electrons. The number of pyridine rings is 1. The Balaban J connectivity index is 0.000000373. The summed E-state index contributed by atoms with van der Waals surface area (Å²) in [5.74, 6) is 0. The number of hydrogen-bond donors (Lipinski definition) is 0. The molecule has 2 rings (SSSR count). The van der Waals surface area contributed by atoms with Crippen molar-refractivity contribution in [2.24, 2.45) is 7.05 Å². The molecule has 2 aromatic heterocycles. The summed E-state index contributed by atoms with van der Waals surface area (Å²) in [6.07, 6.45) is 3.65.